The molecule has 2 aromatic carbocycles. The zero-order valence-electron chi connectivity index (χ0n) is 12.1. The minimum Gasteiger partial charge on any atom is -0.262 e. The van der Waals surface area contributed by atoms with Gasteiger partial charge in [0.25, 0.3) is 0 Å². The Balaban J connectivity index is 2.63. The summed E-state index contributed by atoms with van der Waals surface area (Å²) < 4.78 is 63.7. The first-order valence-electron chi connectivity index (χ1n) is 6.20. The smallest absolute Gasteiger partial charge is 0.262 e. The van der Waals surface area contributed by atoms with E-state index in [9.17, 15) is 21.6 Å². The Morgan fingerprint density at radius 3 is 2.13 bits per heavy atom. The summed E-state index contributed by atoms with van der Waals surface area (Å²) in [4.78, 5) is 0.375. The third-order valence-electron chi connectivity index (χ3n) is 3.12. The fourth-order valence-electron chi connectivity index (χ4n) is 2.13. The molecular weight excluding hydrogens is 351 g/mol. The Morgan fingerprint density at radius 2 is 1.61 bits per heavy atom. The van der Waals surface area contributed by atoms with Crippen molar-refractivity contribution in [2.75, 3.05) is 12.5 Å². The molecule has 0 radical (unpaired) electrons. The molecule has 0 fully saturated rings. The van der Waals surface area contributed by atoms with E-state index in [0.717, 1.165) is 0 Å². The van der Waals surface area contributed by atoms with Crippen LogP contribution in [0.25, 0.3) is 10.8 Å². The number of rotatable bonds is 3. The lowest BCUT2D eigenvalue weighted by molar-refractivity contribution is -0.0539. The van der Waals surface area contributed by atoms with Gasteiger partial charge in [-0.3, -0.25) is 3.63 Å². The molecular formula is C14H13F3NO3S2+. The van der Waals surface area contributed by atoms with Crippen molar-refractivity contribution in [2.45, 2.75) is 10.4 Å². The van der Waals surface area contributed by atoms with Gasteiger partial charge >= 0.3 is 15.6 Å². The third-order valence-corrected chi connectivity index (χ3v) is 7.41. The van der Waals surface area contributed by atoms with Crippen LogP contribution < -0.4 is 0 Å². The zero-order valence-corrected chi connectivity index (χ0v) is 13.8. The third kappa shape index (κ3) is 3.29. The average molecular weight is 364 g/mol. The van der Waals surface area contributed by atoms with Gasteiger partial charge in [-0.15, -0.1) is 8.42 Å². The van der Waals surface area contributed by atoms with Crippen LogP contribution >= 0.6 is 10.3 Å². The van der Waals surface area contributed by atoms with Crippen molar-refractivity contribution in [3.8, 4) is 6.07 Å². The number of alkyl halides is 3. The van der Waals surface area contributed by atoms with Crippen molar-refractivity contribution in [2.24, 2.45) is 0 Å². The molecule has 0 amide bonds. The number of hydrogen-bond acceptors (Lipinski definition) is 3. The van der Waals surface area contributed by atoms with Crippen LogP contribution in [0.5, 0.6) is 0 Å². The summed E-state index contributed by atoms with van der Waals surface area (Å²) in [6.45, 7) is 0. The molecule has 0 aliphatic carbocycles. The highest BCUT2D eigenvalue weighted by Crippen LogP contribution is 2.53. The molecule has 2 rings (SSSR count). The first-order valence-corrected chi connectivity index (χ1v) is 10.0. The van der Waals surface area contributed by atoms with E-state index in [1.165, 1.54) is 24.6 Å². The Hall–Kier alpha value is -1.76. The molecule has 9 heteroatoms. The van der Waals surface area contributed by atoms with E-state index >= 15 is 0 Å². The van der Waals surface area contributed by atoms with Gasteiger partial charge in [-0.2, -0.15) is 18.4 Å². The van der Waals surface area contributed by atoms with Crippen molar-refractivity contribution < 1.29 is 25.2 Å². The fraction of sp³-hybridized carbons (Fsp3) is 0.214. The van der Waals surface area contributed by atoms with Crippen LogP contribution in [0.1, 0.15) is 5.56 Å². The van der Waals surface area contributed by atoms with Gasteiger partial charge in [0.05, 0.1) is 16.5 Å². The first-order chi connectivity index (χ1) is 10.5. The van der Waals surface area contributed by atoms with E-state index in [4.69, 9.17) is 5.26 Å². The summed E-state index contributed by atoms with van der Waals surface area (Å²) in [5.41, 5.74) is -5.07. The summed E-state index contributed by atoms with van der Waals surface area (Å²) >= 11 is 0. The first kappa shape index (κ1) is 17.6. The van der Waals surface area contributed by atoms with Gasteiger partial charge in [0.1, 0.15) is 0 Å². The Morgan fingerprint density at radius 1 is 1.04 bits per heavy atom. The van der Waals surface area contributed by atoms with Crippen molar-refractivity contribution in [1.29, 1.82) is 5.26 Å². The summed E-state index contributed by atoms with van der Waals surface area (Å²) in [6.07, 6.45) is 2.73. The highest BCUT2D eigenvalue weighted by atomic mass is 32.3. The van der Waals surface area contributed by atoms with E-state index in [0.29, 0.717) is 21.2 Å². The van der Waals surface area contributed by atoms with Crippen LogP contribution in [-0.2, 0) is 10.1 Å². The largest absolute Gasteiger partial charge is 0.572 e. The summed E-state index contributed by atoms with van der Waals surface area (Å²) in [6, 6.07) is 11.6. The molecule has 0 heterocycles. The minimum absolute atomic E-state index is 0.359. The topological polar surface area (TPSA) is 70.7 Å². The Labute approximate surface area is 133 Å². The molecule has 0 bridgehead atoms. The van der Waals surface area contributed by atoms with E-state index in [-0.39, 0.29) is 0 Å². The molecule has 23 heavy (non-hydrogen) atoms. The van der Waals surface area contributed by atoms with Gasteiger partial charge < -0.3 is 0 Å². The van der Waals surface area contributed by atoms with E-state index in [2.05, 4.69) is 3.63 Å². The molecule has 2 aromatic rings. The van der Waals surface area contributed by atoms with Gasteiger partial charge in [0.2, 0.25) is 0 Å². The summed E-state index contributed by atoms with van der Waals surface area (Å²) in [5.74, 6) is 0. The Kier molecular flexibility index (Phi) is 4.36. The average Bonchev–Trinajstić information content (AvgIpc) is 2.43. The molecule has 0 saturated carbocycles. The second-order valence-corrected chi connectivity index (χ2v) is 10.0. The molecule has 0 aromatic heterocycles. The van der Waals surface area contributed by atoms with E-state index < -0.39 is 25.9 Å². The summed E-state index contributed by atoms with van der Waals surface area (Å²) in [5, 5.41) is 10.2. The second-order valence-electron chi connectivity index (χ2n) is 5.04. The lowest BCUT2D eigenvalue weighted by atomic mass is 10.1. The van der Waals surface area contributed by atoms with Crippen molar-refractivity contribution in [1.82, 2.24) is 0 Å². The van der Waals surface area contributed by atoms with Crippen LogP contribution in [0.3, 0.4) is 0 Å². The van der Waals surface area contributed by atoms with Gasteiger partial charge in [-0.1, -0.05) is 24.3 Å². The van der Waals surface area contributed by atoms with Crippen molar-refractivity contribution >= 4 is 31.2 Å². The van der Waals surface area contributed by atoms with Gasteiger partial charge in [0, 0.05) is 33.6 Å². The highest BCUT2D eigenvalue weighted by Gasteiger charge is 2.55. The molecule has 124 valence electrons. The highest BCUT2D eigenvalue weighted by molar-refractivity contribution is 8.31. The number of nitrogens with zero attached hydrogens (tertiary/aromatic N) is 1. The Bertz CT molecular complexity index is 900. The molecule has 0 spiro atoms. The minimum atomic E-state index is -5.59. The number of benzene rings is 2. The maximum atomic E-state index is 12.6. The lowest BCUT2D eigenvalue weighted by Gasteiger charge is -2.27. The zero-order chi connectivity index (χ0) is 17.5. The van der Waals surface area contributed by atoms with E-state index in [1.54, 1.807) is 24.3 Å². The molecule has 0 aliphatic rings. The number of nitriles is 1. The van der Waals surface area contributed by atoms with Gasteiger partial charge in [0.15, 0.2) is 0 Å². The van der Waals surface area contributed by atoms with Gasteiger partial charge in [-0.05, 0) is 12.1 Å². The SMILES string of the molecule is CS(C)([OH+]S(=O)(=O)C(F)(F)F)c1ccc(C#N)c2ccccc12. The predicted octanol–water partition coefficient (Wildman–Crippen LogP) is 3.99. The van der Waals surface area contributed by atoms with E-state index in [1.807, 2.05) is 6.07 Å². The molecule has 4 nitrogen and oxygen atoms in total. The lowest BCUT2D eigenvalue weighted by Crippen LogP contribution is -2.29. The molecule has 1 N–H and O–H groups in total. The number of hydrogen-bond donors (Lipinski definition) is 0. The quantitative estimate of drug-likeness (QED) is 0.470. The monoisotopic (exact) mass is 364 g/mol. The normalized spacial score (nSPS) is 13.7. The van der Waals surface area contributed by atoms with Crippen LogP contribution in [0.2, 0.25) is 0 Å². The molecule has 0 unspecified atom stereocenters. The number of halogens is 3. The van der Waals surface area contributed by atoms with Crippen molar-refractivity contribution in [3.63, 3.8) is 0 Å². The molecule has 0 saturated heterocycles. The van der Waals surface area contributed by atoms with Crippen LogP contribution in [0.15, 0.2) is 41.3 Å². The fourth-order valence-corrected chi connectivity index (χ4v) is 5.87. The van der Waals surface area contributed by atoms with Crippen LogP contribution in [0.4, 0.5) is 13.2 Å². The molecule has 0 aliphatic heterocycles. The van der Waals surface area contributed by atoms with Crippen molar-refractivity contribution in [3.05, 3.63) is 42.0 Å². The molecule has 0 atom stereocenters. The second kappa shape index (κ2) is 5.70. The standard InChI is InChI=1S/C14H12F3NO3S2/c1-22(2,21-23(19,20)14(15,16)17)13-8-7-10(9-18)11-5-3-4-6-12(11)13/h3-8H,1-2H3/p+1. The van der Waals surface area contributed by atoms with Crippen LogP contribution in [-0.4, -0.2) is 30.1 Å². The predicted molar refractivity (Wildman–Crippen MR) is 84.0 cm³/mol. The number of fused-ring (bicyclic) bond motifs is 1. The maximum absolute atomic E-state index is 12.6. The maximum Gasteiger partial charge on any atom is 0.572 e. The van der Waals surface area contributed by atoms with Crippen LogP contribution in [0, 0.1) is 11.3 Å². The summed E-state index contributed by atoms with van der Waals surface area (Å²) in [7, 11) is -8.24. The van der Waals surface area contributed by atoms with Gasteiger partial charge in [-0.25, -0.2) is 0 Å².